The van der Waals surface area contributed by atoms with Crippen molar-refractivity contribution >= 4 is 11.6 Å². The zero-order valence-electron chi connectivity index (χ0n) is 17.0. The van der Waals surface area contributed by atoms with Crippen molar-refractivity contribution in [1.29, 1.82) is 0 Å². The Morgan fingerprint density at radius 1 is 1.24 bits per heavy atom. The van der Waals surface area contributed by atoms with E-state index in [1.54, 1.807) is 19.3 Å². The SMILES string of the molecule is Cn1ncc(N2CCC[C@@H](C(=O)NCCN3CCc4ccccc4C3)C2)cc1=O. The molecule has 1 saturated heterocycles. The average Bonchev–Trinajstić information content (AvgIpc) is 2.75. The van der Waals surface area contributed by atoms with Gasteiger partial charge in [-0.25, -0.2) is 4.68 Å². The molecule has 0 unspecified atom stereocenters. The Kier molecular flexibility index (Phi) is 5.94. The standard InChI is InChI=1S/C22H29N5O2/c1-25-21(28)13-20(14-24-25)27-10-4-7-19(16-27)22(29)23-9-12-26-11-8-17-5-2-3-6-18(17)15-26/h2-3,5-6,13-14,19H,4,7-12,15-16H2,1H3,(H,23,29)/t19-/m1/s1. The Morgan fingerprint density at radius 3 is 2.90 bits per heavy atom. The summed E-state index contributed by atoms with van der Waals surface area (Å²) in [6.07, 6.45) is 4.61. The van der Waals surface area contributed by atoms with Gasteiger partial charge in [0, 0.05) is 52.4 Å². The maximum atomic E-state index is 12.7. The zero-order valence-corrected chi connectivity index (χ0v) is 17.0. The van der Waals surface area contributed by atoms with E-state index >= 15 is 0 Å². The summed E-state index contributed by atoms with van der Waals surface area (Å²) in [5.74, 6) is 0.0683. The van der Waals surface area contributed by atoms with Crippen LogP contribution in [0.15, 0.2) is 41.3 Å². The molecule has 7 heteroatoms. The Hall–Kier alpha value is -2.67. The van der Waals surface area contributed by atoms with Crippen LogP contribution in [-0.2, 0) is 24.8 Å². The number of hydrogen-bond acceptors (Lipinski definition) is 5. The number of aromatic nitrogens is 2. The van der Waals surface area contributed by atoms with Crippen molar-refractivity contribution in [2.45, 2.75) is 25.8 Å². The molecule has 2 aromatic rings. The maximum absolute atomic E-state index is 12.7. The largest absolute Gasteiger partial charge is 0.369 e. The predicted molar refractivity (Wildman–Crippen MR) is 113 cm³/mol. The fourth-order valence-electron chi connectivity index (χ4n) is 4.29. The van der Waals surface area contributed by atoms with E-state index in [2.05, 4.69) is 44.5 Å². The van der Waals surface area contributed by atoms with E-state index in [9.17, 15) is 9.59 Å². The van der Waals surface area contributed by atoms with Crippen molar-refractivity contribution in [1.82, 2.24) is 20.0 Å². The number of nitrogens with zero attached hydrogens (tertiary/aromatic N) is 4. The lowest BCUT2D eigenvalue weighted by molar-refractivity contribution is -0.125. The first kappa shape index (κ1) is 19.6. The van der Waals surface area contributed by atoms with Gasteiger partial charge in [-0.2, -0.15) is 5.10 Å². The molecule has 2 aliphatic rings. The highest BCUT2D eigenvalue weighted by Crippen LogP contribution is 2.22. The summed E-state index contributed by atoms with van der Waals surface area (Å²) >= 11 is 0. The van der Waals surface area contributed by atoms with Crippen LogP contribution in [0.4, 0.5) is 5.69 Å². The molecule has 2 aliphatic heterocycles. The van der Waals surface area contributed by atoms with Gasteiger partial charge in [-0.1, -0.05) is 24.3 Å². The summed E-state index contributed by atoms with van der Waals surface area (Å²) in [5.41, 5.74) is 3.52. The Bertz CT molecular complexity index is 925. The lowest BCUT2D eigenvalue weighted by Gasteiger charge is -2.33. The van der Waals surface area contributed by atoms with Crippen LogP contribution in [0, 0.1) is 5.92 Å². The summed E-state index contributed by atoms with van der Waals surface area (Å²) in [4.78, 5) is 29.1. The average molecular weight is 396 g/mol. The summed E-state index contributed by atoms with van der Waals surface area (Å²) in [6.45, 7) is 5.03. The number of fused-ring (bicyclic) bond motifs is 1. The lowest BCUT2D eigenvalue weighted by Crippen LogP contribution is -2.45. The molecule has 0 saturated carbocycles. The van der Waals surface area contributed by atoms with Crippen LogP contribution in [-0.4, -0.2) is 53.3 Å². The van der Waals surface area contributed by atoms with Gasteiger partial charge < -0.3 is 10.2 Å². The lowest BCUT2D eigenvalue weighted by atomic mass is 9.96. The molecule has 0 aliphatic carbocycles. The molecule has 1 aromatic heterocycles. The van der Waals surface area contributed by atoms with E-state index in [1.165, 1.54) is 15.8 Å². The molecule has 1 N–H and O–H groups in total. The number of nitrogens with one attached hydrogen (secondary N) is 1. The van der Waals surface area contributed by atoms with E-state index in [0.29, 0.717) is 13.1 Å². The van der Waals surface area contributed by atoms with E-state index < -0.39 is 0 Å². The van der Waals surface area contributed by atoms with Crippen molar-refractivity contribution in [2.24, 2.45) is 13.0 Å². The molecular weight excluding hydrogens is 366 g/mol. The normalized spacial score (nSPS) is 19.6. The molecular formula is C22H29N5O2. The highest BCUT2D eigenvalue weighted by Gasteiger charge is 2.26. The third kappa shape index (κ3) is 4.67. The molecule has 3 heterocycles. The minimum Gasteiger partial charge on any atom is -0.369 e. The van der Waals surface area contributed by atoms with Gasteiger partial charge in [-0.15, -0.1) is 0 Å². The molecule has 4 rings (SSSR count). The third-order valence-electron chi connectivity index (χ3n) is 6.05. The van der Waals surface area contributed by atoms with Gasteiger partial charge in [-0.3, -0.25) is 14.5 Å². The van der Waals surface area contributed by atoms with E-state index in [4.69, 9.17) is 0 Å². The molecule has 154 valence electrons. The van der Waals surface area contributed by atoms with Crippen molar-refractivity contribution in [2.75, 3.05) is 37.6 Å². The molecule has 1 fully saturated rings. The number of carbonyl (C=O) groups is 1. The topological polar surface area (TPSA) is 70.5 Å². The van der Waals surface area contributed by atoms with E-state index in [-0.39, 0.29) is 17.4 Å². The monoisotopic (exact) mass is 395 g/mol. The number of carbonyl (C=O) groups excluding carboxylic acids is 1. The quantitative estimate of drug-likeness (QED) is 0.823. The second-order valence-electron chi connectivity index (χ2n) is 8.05. The first-order chi connectivity index (χ1) is 14.1. The molecule has 0 bridgehead atoms. The van der Waals surface area contributed by atoms with Crippen LogP contribution >= 0.6 is 0 Å². The second-order valence-corrected chi connectivity index (χ2v) is 8.05. The number of rotatable bonds is 5. The Labute approximate surface area is 171 Å². The van der Waals surface area contributed by atoms with Gasteiger partial charge in [-0.05, 0) is 30.4 Å². The fraction of sp³-hybridized carbons (Fsp3) is 0.500. The van der Waals surface area contributed by atoms with Crippen molar-refractivity contribution in [3.63, 3.8) is 0 Å². The van der Waals surface area contributed by atoms with E-state index in [1.807, 2.05) is 0 Å². The number of anilines is 1. The first-order valence-corrected chi connectivity index (χ1v) is 10.5. The van der Waals surface area contributed by atoms with Gasteiger partial charge in [0.15, 0.2) is 0 Å². The van der Waals surface area contributed by atoms with Crippen LogP contribution in [0.1, 0.15) is 24.0 Å². The number of benzene rings is 1. The highest BCUT2D eigenvalue weighted by molar-refractivity contribution is 5.79. The van der Waals surface area contributed by atoms with Crippen LogP contribution in [0.5, 0.6) is 0 Å². The molecule has 0 spiro atoms. The highest BCUT2D eigenvalue weighted by atomic mass is 16.2. The molecule has 1 atom stereocenters. The summed E-state index contributed by atoms with van der Waals surface area (Å²) in [7, 11) is 1.64. The number of piperidine rings is 1. The minimum atomic E-state index is -0.128. The molecule has 0 radical (unpaired) electrons. The van der Waals surface area contributed by atoms with Gasteiger partial charge in [0.25, 0.3) is 5.56 Å². The number of amides is 1. The second kappa shape index (κ2) is 8.78. The van der Waals surface area contributed by atoms with Gasteiger partial charge in [0.05, 0.1) is 17.8 Å². The number of aryl methyl sites for hydroxylation is 1. The van der Waals surface area contributed by atoms with Crippen LogP contribution in [0.3, 0.4) is 0 Å². The van der Waals surface area contributed by atoms with E-state index in [0.717, 1.165) is 51.1 Å². The molecule has 1 amide bonds. The van der Waals surface area contributed by atoms with Gasteiger partial charge >= 0.3 is 0 Å². The molecule has 7 nitrogen and oxygen atoms in total. The summed E-state index contributed by atoms with van der Waals surface area (Å²) in [6, 6.07) is 10.2. The summed E-state index contributed by atoms with van der Waals surface area (Å²) in [5, 5.41) is 7.23. The van der Waals surface area contributed by atoms with Crippen LogP contribution in [0.2, 0.25) is 0 Å². The maximum Gasteiger partial charge on any atom is 0.268 e. The first-order valence-electron chi connectivity index (χ1n) is 10.5. The molecule has 1 aromatic carbocycles. The zero-order chi connectivity index (χ0) is 20.2. The third-order valence-corrected chi connectivity index (χ3v) is 6.05. The number of hydrogen-bond donors (Lipinski definition) is 1. The Balaban J connectivity index is 1.26. The summed E-state index contributed by atoms with van der Waals surface area (Å²) < 4.78 is 1.32. The van der Waals surface area contributed by atoms with Crippen molar-refractivity contribution in [3.8, 4) is 0 Å². The van der Waals surface area contributed by atoms with Gasteiger partial charge in [0.2, 0.25) is 5.91 Å². The van der Waals surface area contributed by atoms with Crippen LogP contribution in [0.25, 0.3) is 0 Å². The smallest absolute Gasteiger partial charge is 0.268 e. The molecule has 29 heavy (non-hydrogen) atoms. The van der Waals surface area contributed by atoms with Crippen molar-refractivity contribution < 1.29 is 4.79 Å². The fourth-order valence-corrected chi connectivity index (χ4v) is 4.29. The van der Waals surface area contributed by atoms with Crippen molar-refractivity contribution in [3.05, 3.63) is 58.0 Å². The van der Waals surface area contributed by atoms with Crippen LogP contribution < -0.4 is 15.8 Å². The minimum absolute atomic E-state index is 0.0464. The van der Waals surface area contributed by atoms with Gasteiger partial charge in [0.1, 0.15) is 0 Å². The Morgan fingerprint density at radius 2 is 2.07 bits per heavy atom. The predicted octanol–water partition coefficient (Wildman–Crippen LogP) is 1.17.